The molecule has 21 heavy (non-hydrogen) atoms. The van der Waals surface area contributed by atoms with Gasteiger partial charge in [-0.15, -0.1) is 0 Å². The van der Waals surface area contributed by atoms with Gasteiger partial charge in [-0.3, -0.25) is 9.69 Å². The van der Waals surface area contributed by atoms with Crippen molar-refractivity contribution in [3.63, 3.8) is 0 Å². The van der Waals surface area contributed by atoms with Gasteiger partial charge in [0.15, 0.2) is 11.6 Å². The van der Waals surface area contributed by atoms with Gasteiger partial charge in [-0.1, -0.05) is 6.07 Å². The third kappa shape index (κ3) is 5.40. The highest BCUT2D eigenvalue weighted by atomic mass is 19.2. The maximum atomic E-state index is 13.2. The Kier molecular flexibility index (Phi) is 6.71. The van der Waals surface area contributed by atoms with Crippen LogP contribution in [0, 0.1) is 11.6 Å². The van der Waals surface area contributed by atoms with Crippen molar-refractivity contribution in [3.8, 4) is 0 Å². The van der Waals surface area contributed by atoms with E-state index in [1.54, 1.807) is 0 Å². The van der Waals surface area contributed by atoms with Crippen molar-refractivity contribution in [1.29, 1.82) is 0 Å². The number of hydrogen-bond donors (Lipinski definition) is 1. The number of hydrogen-bond acceptors (Lipinski definition) is 4. The van der Waals surface area contributed by atoms with Gasteiger partial charge in [-0.25, -0.2) is 8.78 Å². The van der Waals surface area contributed by atoms with Crippen LogP contribution in [0.25, 0.3) is 0 Å². The monoisotopic (exact) mass is 301 g/mol. The number of benzene rings is 1. The number of halogens is 2. The molecule has 0 saturated carbocycles. The Morgan fingerprint density at radius 3 is 2.52 bits per heavy atom. The first kappa shape index (κ1) is 17.5. The topological polar surface area (TPSA) is 49.8 Å². The maximum absolute atomic E-state index is 13.2. The van der Waals surface area contributed by atoms with E-state index in [9.17, 15) is 18.7 Å². The smallest absolute Gasteiger partial charge is 0.306 e. The van der Waals surface area contributed by atoms with Gasteiger partial charge in [0.05, 0.1) is 19.6 Å². The van der Waals surface area contributed by atoms with Crippen LogP contribution in [-0.2, 0) is 9.53 Å². The van der Waals surface area contributed by atoms with Crippen molar-refractivity contribution in [1.82, 2.24) is 4.90 Å². The quantitative estimate of drug-likeness (QED) is 0.785. The minimum absolute atomic E-state index is 0.0922. The fourth-order valence-corrected chi connectivity index (χ4v) is 1.94. The molecule has 1 aromatic carbocycles. The van der Waals surface area contributed by atoms with E-state index in [0.717, 1.165) is 12.1 Å². The molecule has 0 fully saturated rings. The third-order valence-electron chi connectivity index (χ3n) is 3.30. The maximum Gasteiger partial charge on any atom is 0.306 e. The average Bonchev–Trinajstić information content (AvgIpc) is 2.45. The number of carbonyl (C=O) groups excluding carboxylic acids is 1. The van der Waals surface area contributed by atoms with Gasteiger partial charge in [-0.05, 0) is 31.5 Å². The van der Waals surface area contributed by atoms with Gasteiger partial charge in [0.2, 0.25) is 0 Å². The summed E-state index contributed by atoms with van der Waals surface area (Å²) in [5, 5.41) is 10.1. The highest BCUT2D eigenvalue weighted by Crippen LogP contribution is 2.18. The minimum Gasteiger partial charge on any atom is -0.469 e. The first-order valence-corrected chi connectivity index (χ1v) is 6.79. The van der Waals surface area contributed by atoms with Gasteiger partial charge < -0.3 is 9.84 Å². The van der Waals surface area contributed by atoms with Crippen LogP contribution in [0.1, 0.15) is 31.9 Å². The Hall–Kier alpha value is -1.53. The zero-order valence-electron chi connectivity index (χ0n) is 12.5. The number of aliphatic hydroxyl groups excluding tert-OH is 1. The van der Waals surface area contributed by atoms with Crippen molar-refractivity contribution in [2.75, 3.05) is 20.2 Å². The Labute approximate surface area is 123 Å². The van der Waals surface area contributed by atoms with Crippen LogP contribution < -0.4 is 0 Å². The normalized spacial score (nSPS) is 12.8. The molecular formula is C15H21F2NO3. The third-order valence-corrected chi connectivity index (χ3v) is 3.30. The summed E-state index contributed by atoms with van der Waals surface area (Å²) in [6.45, 7) is 4.50. The van der Waals surface area contributed by atoms with E-state index >= 15 is 0 Å². The highest BCUT2D eigenvalue weighted by Gasteiger charge is 2.18. The fourth-order valence-electron chi connectivity index (χ4n) is 1.94. The Bertz CT molecular complexity index is 480. The van der Waals surface area contributed by atoms with E-state index in [2.05, 4.69) is 4.74 Å². The molecule has 0 saturated heterocycles. The summed E-state index contributed by atoms with van der Waals surface area (Å²) in [6, 6.07) is 3.41. The fraction of sp³-hybridized carbons (Fsp3) is 0.533. The lowest BCUT2D eigenvalue weighted by Crippen LogP contribution is -2.36. The number of esters is 1. The van der Waals surface area contributed by atoms with Crippen molar-refractivity contribution in [2.24, 2.45) is 0 Å². The molecule has 0 heterocycles. The molecule has 0 radical (unpaired) electrons. The molecule has 0 aliphatic rings. The lowest BCUT2D eigenvalue weighted by molar-refractivity contribution is -0.141. The zero-order chi connectivity index (χ0) is 16.0. The Morgan fingerprint density at radius 1 is 1.33 bits per heavy atom. The number of methoxy groups -OCH3 is 1. The Balaban J connectivity index is 2.69. The zero-order valence-corrected chi connectivity index (χ0v) is 12.5. The lowest BCUT2D eigenvalue weighted by Gasteiger charge is -2.28. The second-order valence-corrected chi connectivity index (χ2v) is 5.10. The van der Waals surface area contributed by atoms with E-state index in [1.165, 1.54) is 13.2 Å². The van der Waals surface area contributed by atoms with Gasteiger partial charge in [0.25, 0.3) is 0 Å². The standard InChI is InChI=1S/C15H21F2NO3/c1-10(2)18(7-6-15(20)21-3)9-14(19)11-4-5-12(16)13(17)8-11/h4-5,8,10,14,19H,6-7,9H2,1-3H3. The van der Waals surface area contributed by atoms with E-state index in [0.29, 0.717) is 12.1 Å². The molecule has 1 rings (SSSR count). The predicted molar refractivity (Wildman–Crippen MR) is 74.7 cm³/mol. The molecule has 6 heteroatoms. The van der Waals surface area contributed by atoms with Crippen LogP contribution in [0.4, 0.5) is 8.78 Å². The van der Waals surface area contributed by atoms with Gasteiger partial charge in [0, 0.05) is 19.1 Å². The molecule has 1 unspecified atom stereocenters. The summed E-state index contributed by atoms with van der Waals surface area (Å²) >= 11 is 0. The molecule has 0 spiro atoms. The van der Waals surface area contributed by atoms with Gasteiger partial charge >= 0.3 is 5.97 Å². The summed E-state index contributed by atoms with van der Waals surface area (Å²) in [5.41, 5.74) is 0.303. The number of rotatable bonds is 7. The summed E-state index contributed by atoms with van der Waals surface area (Å²) in [4.78, 5) is 13.1. The predicted octanol–water partition coefficient (Wildman–Crippen LogP) is 2.27. The van der Waals surface area contributed by atoms with Crippen molar-refractivity contribution in [2.45, 2.75) is 32.4 Å². The van der Waals surface area contributed by atoms with Crippen LogP contribution >= 0.6 is 0 Å². The second kappa shape index (κ2) is 8.05. The van der Waals surface area contributed by atoms with E-state index in [-0.39, 0.29) is 25.0 Å². The summed E-state index contributed by atoms with van der Waals surface area (Å²) in [5.74, 6) is -2.27. The summed E-state index contributed by atoms with van der Waals surface area (Å²) in [6.07, 6.45) is -0.751. The van der Waals surface area contributed by atoms with Crippen molar-refractivity contribution in [3.05, 3.63) is 35.4 Å². The summed E-state index contributed by atoms with van der Waals surface area (Å²) in [7, 11) is 1.32. The first-order valence-electron chi connectivity index (χ1n) is 6.79. The molecule has 0 aliphatic carbocycles. The van der Waals surface area contributed by atoms with Crippen molar-refractivity contribution >= 4 is 5.97 Å². The summed E-state index contributed by atoms with van der Waals surface area (Å²) < 4.78 is 30.6. The van der Waals surface area contributed by atoms with Crippen LogP contribution in [0.2, 0.25) is 0 Å². The van der Waals surface area contributed by atoms with E-state index in [1.807, 2.05) is 18.7 Å². The number of nitrogens with zero attached hydrogens (tertiary/aromatic N) is 1. The van der Waals surface area contributed by atoms with Crippen LogP contribution in [0.15, 0.2) is 18.2 Å². The molecule has 1 atom stereocenters. The van der Waals surface area contributed by atoms with Gasteiger partial charge in [-0.2, -0.15) is 0 Å². The molecule has 0 bridgehead atoms. The molecule has 1 N–H and O–H groups in total. The minimum atomic E-state index is -0.989. The first-order chi connectivity index (χ1) is 9.85. The highest BCUT2D eigenvalue weighted by molar-refractivity contribution is 5.69. The van der Waals surface area contributed by atoms with E-state index < -0.39 is 17.7 Å². The number of carbonyl (C=O) groups is 1. The van der Waals surface area contributed by atoms with Crippen LogP contribution in [-0.4, -0.2) is 42.2 Å². The molecular weight excluding hydrogens is 280 g/mol. The lowest BCUT2D eigenvalue weighted by atomic mass is 10.1. The molecule has 1 aromatic rings. The molecule has 0 aliphatic heterocycles. The second-order valence-electron chi connectivity index (χ2n) is 5.10. The van der Waals surface area contributed by atoms with Crippen LogP contribution in [0.3, 0.4) is 0 Å². The number of ether oxygens (including phenoxy) is 1. The average molecular weight is 301 g/mol. The van der Waals surface area contributed by atoms with Crippen LogP contribution in [0.5, 0.6) is 0 Å². The number of aliphatic hydroxyl groups is 1. The SMILES string of the molecule is COC(=O)CCN(CC(O)c1ccc(F)c(F)c1)C(C)C. The molecule has 0 amide bonds. The van der Waals surface area contributed by atoms with Crippen molar-refractivity contribution < 1.29 is 23.4 Å². The van der Waals surface area contributed by atoms with Gasteiger partial charge in [0.1, 0.15) is 0 Å². The molecule has 4 nitrogen and oxygen atoms in total. The molecule has 0 aromatic heterocycles. The Morgan fingerprint density at radius 2 is 2.00 bits per heavy atom. The largest absolute Gasteiger partial charge is 0.469 e. The molecule has 118 valence electrons. The van der Waals surface area contributed by atoms with E-state index in [4.69, 9.17) is 0 Å².